The van der Waals surface area contributed by atoms with E-state index in [1.165, 1.54) is 0 Å². The van der Waals surface area contributed by atoms with Crippen molar-refractivity contribution in [1.29, 1.82) is 0 Å². The van der Waals surface area contributed by atoms with E-state index in [1.54, 1.807) is 0 Å². The third-order valence-electron chi connectivity index (χ3n) is 4.82. The van der Waals surface area contributed by atoms with Gasteiger partial charge in [-0.3, -0.25) is 9.59 Å². The maximum absolute atomic E-state index is 13.1. The molecule has 0 atom stereocenters. The van der Waals surface area contributed by atoms with Gasteiger partial charge >= 0.3 is 0 Å². The second-order valence-corrected chi connectivity index (χ2v) is 6.40. The molecule has 0 spiro atoms. The van der Waals surface area contributed by atoms with E-state index in [9.17, 15) is 9.59 Å². The Morgan fingerprint density at radius 2 is 1.69 bits per heavy atom. The minimum Gasteiger partial charge on any atom is -0.342 e. The third kappa shape index (κ3) is 3.27. The number of benzene rings is 2. The molecule has 1 amide bonds. The number of carbonyl (C=O) groups excluding carboxylic acids is 1. The lowest BCUT2D eigenvalue weighted by Gasteiger charge is -2.21. The monoisotopic (exact) mass is 348 g/mol. The number of fused-ring (bicyclic) bond motifs is 1. The highest BCUT2D eigenvalue weighted by molar-refractivity contribution is 5.88. The van der Waals surface area contributed by atoms with E-state index in [0.717, 1.165) is 16.6 Å². The summed E-state index contributed by atoms with van der Waals surface area (Å²) >= 11 is 0. The highest BCUT2D eigenvalue weighted by Crippen LogP contribution is 2.22. The smallest absolute Gasteiger partial charge is 0.242 e. The summed E-state index contributed by atoms with van der Waals surface area (Å²) in [5.41, 5.74) is 3.23. The molecule has 134 valence electrons. The van der Waals surface area contributed by atoms with E-state index < -0.39 is 0 Å². The minimum atomic E-state index is 0.0100. The highest BCUT2D eigenvalue weighted by Gasteiger charge is 2.16. The third-order valence-corrected chi connectivity index (χ3v) is 4.82. The number of carbonyl (C=O) groups is 1. The van der Waals surface area contributed by atoms with Gasteiger partial charge in [-0.05, 0) is 38.0 Å². The van der Waals surface area contributed by atoms with Gasteiger partial charge in [0.1, 0.15) is 6.54 Å². The lowest BCUT2D eigenvalue weighted by atomic mass is 10.0. The summed E-state index contributed by atoms with van der Waals surface area (Å²) in [6, 6.07) is 15.4. The SMILES string of the molecule is CCN(CC)C(=O)Cn1cc(-c2ccccc2)c(=O)c2c(C)cccc21. The molecule has 1 heterocycles. The summed E-state index contributed by atoms with van der Waals surface area (Å²) in [7, 11) is 0. The van der Waals surface area contributed by atoms with Crippen molar-refractivity contribution in [3.63, 3.8) is 0 Å². The van der Waals surface area contributed by atoms with Gasteiger partial charge < -0.3 is 9.47 Å². The lowest BCUT2D eigenvalue weighted by Crippen LogP contribution is -2.33. The molecule has 0 fully saturated rings. The van der Waals surface area contributed by atoms with Gasteiger partial charge in [-0.1, -0.05) is 42.5 Å². The van der Waals surface area contributed by atoms with E-state index >= 15 is 0 Å². The second-order valence-electron chi connectivity index (χ2n) is 6.40. The van der Waals surface area contributed by atoms with Crippen molar-refractivity contribution in [2.75, 3.05) is 13.1 Å². The molecule has 0 unspecified atom stereocenters. The van der Waals surface area contributed by atoms with Crippen LogP contribution in [0.3, 0.4) is 0 Å². The molecule has 4 heteroatoms. The van der Waals surface area contributed by atoms with Crippen molar-refractivity contribution in [2.24, 2.45) is 0 Å². The molecule has 4 nitrogen and oxygen atoms in total. The van der Waals surface area contributed by atoms with Gasteiger partial charge in [0.2, 0.25) is 5.91 Å². The predicted octanol–water partition coefficient (Wildman–Crippen LogP) is 3.85. The van der Waals surface area contributed by atoms with E-state index in [2.05, 4.69) is 0 Å². The van der Waals surface area contributed by atoms with E-state index in [0.29, 0.717) is 24.0 Å². The molecular weight excluding hydrogens is 324 g/mol. The summed E-state index contributed by atoms with van der Waals surface area (Å²) in [4.78, 5) is 27.6. The van der Waals surface area contributed by atoms with Crippen LogP contribution in [0.1, 0.15) is 19.4 Å². The first-order chi connectivity index (χ1) is 12.6. The van der Waals surface area contributed by atoms with Crippen LogP contribution in [0.5, 0.6) is 0 Å². The van der Waals surface area contributed by atoms with Gasteiger partial charge in [0.25, 0.3) is 0 Å². The molecular formula is C22H24N2O2. The summed E-state index contributed by atoms with van der Waals surface area (Å²) in [5, 5.41) is 0.682. The van der Waals surface area contributed by atoms with Gasteiger partial charge in [0.05, 0.1) is 5.52 Å². The first-order valence-corrected chi connectivity index (χ1v) is 9.02. The number of nitrogens with zero attached hydrogens (tertiary/aromatic N) is 2. The fourth-order valence-electron chi connectivity index (χ4n) is 3.38. The first kappa shape index (κ1) is 17.9. The molecule has 3 rings (SSSR count). The Labute approximate surface area is 153 Å². The number of aromatic nitrogens is 1. The Bertz CT molecular complexity index is 986. The number of hydrogen-bond donors (Lipinski definition) is 0. The molecule has 0 aliphatic heterocycles. The Morgan fingerprint density at radius 3 is 2.35 bits per heavy atom. The van der Waals surface area contributed by atoms with Crippen molar-refractivity contribution in [1.82, 2.24) is 9.47 Å². The molecule has 0 saturated heterocycles. The van der Waals surface area contributed by atoms with Crippen LogP contribution in [-0.2, 0) is 11.3 Å². The zero-order chi connectivity index (χ0) is 18.7. The molecule has 0 aliphatic carbocycles. The maximum atomic E-state index is 13.1. The van der Waals surface area contributed by atoms with Crippen LogP contribution >= 0.6 is 0 Å². The van der Waals surface area contributed by atoms with Crippen molar-refractivity contribution >= 4 is 16.8 Å². The normalized spacial score (nSPS) is 10.9. The lowest BCUT2D eigenvalue weighted by molar-refractivity contribution is -0.131. The van der Waals surface area contributed by atoms with Crippen molar-refractivity contribution in [2.45, 2.75) is 27.3 Å². The largest absolute Gasteiger partial charge is 0.342 e. The molecule has 1 aromatic heterocycles. The topological polar surface area (TPSA) is 42.3 Å². The fourth-order valence-corrected chi connectivity index (χ4v) is 3.38. The van der Waals surface area contributed by atoms with Gasteiger partial charge in [-0.2, -0.15) is 0 Å². The second kappa shape index (κ2) is 7.56. The van der Waals surface area contributed by atoms with Crippen LogP contribution in [0.4, 0.5) is 0 Å². The number of aryl methyl sites for hydroxylation is 1. The molecule has 0 saturated carbocycles. The van der Waals surface area contributed by atoms with Crippen LogP contribution in [0.15, 0.2) is 59.5 Å². The average Bonchev–Trinajstić information content (AvgIpc) is 2.65. The van der Waals surface area contributed by atoms with Gasteiger partial charge in [-0.25, -0.2) is 0 Å². The van der Waals surface area contributed by atoms with Crippen LogP contribution < -0.4 is 5.43 Å². The first-order valence-electron chi connectivity index (χ1n) is 9.02. The number of amides is 1. The number of rotatable bonds is 5. The molecule has 0 bridgehead atoms. The molecule has 0 radical (unpaired) electrons. The molecule has 0 aliphatic rings. The van der Waals surface area contributed by atoms with Gasteiger partial charge in [-0.15, -0.1) is 0 Å². The van der Waals surface area contributed by atoms with E-state index in [1.807, 2.05) is 85.0 Å². The van der Waals surface area contributed by atoms with Gasteiger partial charge in [0.15, 0.2) is 5.43 Å². The summed E-state index contributed by atoms with van der Waals surface area (Å²) < 4.78 is 1.91. The van der Waals surface area contributed by atoms with Crippen LogP contribution in [0, 0.1) is 6.92 Å². The van der Waals surface area contributed by atoms with E-state index in [4.69, 9.17) is 0 Å². The minimum absolute atomic E-state index is 0.0100. The Balaban J connectivity index is 2.22. The Kier molecular flexibility index (Phi) is 5.21. The number of likely N-dealkylation sites (N-methyl/N-ethyl adjacent to an activating group) is 1. The summed E-state index contributed by atoms with van der Waals surface area (Å²) in [6.07, 6.45) is 1.82. The zero-order valence-electron chi connectivity index (χ0n) is 15.5. The number of hydrogen-bond acceptors (Lipinski definition) is 2. The standard InChI is InChI=1S/C22H24N2O2/c1-4-23(5-2)20(25)15-24-14-18(17-11-7-6-8-12-17)22(26)21-16(3)10-9-13-19(21)24/h6-14H,4-5,15H2,1-3H3. The average molecular weight is 348 g/mol. The molecule has 26 heavy (non-hydrogen) atoms. The molecule has 2 aromatic carbocycles. The summed E-state index contributed by atoms with van der Waals surface area (Å²) in [5.74, 6) is 0.0560. The van der Waals surface area contributed by atoms with Crippen molar-refractivity contribution < 1.29 is 4.79 Å². The summed E-state index contributed by atoms with van der Waals surface area (Å²) in [6.45, 7) is 7.47. The molecule has 3 aromatic rings. The number of pyridine rings is 1. The quantitative estimate of drug-likeness (QED) is 0.703. The zero-order valence-corrected chi connectivity index (χ0v) is 15.5. The predicted molar refractivity (Wildman–Crippen MR) is 106 cm³/mol. The van der Waals surface area contributed by atoms with Crippen molar-refractivity contribution in [3.05, 3.63) is 70.5 Å². The van der Waals surface area contributed by atoms with Crippen LogP contribution in [-0.4, -0.2) is 28.5 Å². The fraction of sp³-hybridized carbons (Fsp3) is 0.273. The van der Waals surface area contributed by atoms with Crippen LogP contribution in [0.25, 0.3) is 22.0 Å². The van der Waals surface area contributed by atoms with Crippen LogP contribution in [0.2, 0.25) is 0 Å². The maximum Gasteiger partial charge on any atom is 0.242 e. The van der Waals surface area contributed by atoms with E-state index in [-0.39, 0.29) is 17.9 Å². The van der Waals surface area contributed by atoms with Crippen molar-refractivity contribution in [3.8, 4) is 11.1 Å². The molecule has 0 N–H and O–H groups in total. The highest BCUT2D eigenvalue weighted by atomic mass is 16.2. The Hall–Kier alpha value is -2.88. The van der Waals surface area contributed by atoms with Gasteiger partial charge in [0, 0.05) is 30.2 Å². The Morgan fingerprint density at radius 1 is 1.00 bits per heavy atom.